The van der Waals surface area contributed by atoms with Gasteiger partial charge in [0, 0.05) is 6.42 Å². The van der Waals surface area contributed by atoms with Crippen molar-refractivity contribution in [1.82, 2.24) is 5.32 Å². The molecule has 0 radical (unpaired) electrons. The third kappa shape index (κ3) is 2.36. The van der Waals surface area contributed by atoms with Crippen molar-refractivity contribution in [3.63, 3.8) is 0 Å². The molecule has 1 fully saturated rings. The predicted molar refractivity (Wildman–Crippen MR) is 62.8 cm³/mol. The highest BCUT2D eigenvalue weighted by molar-refractivity contribution is 5.17. The Labute approximate surface area is 93.1 Å². The zero-order chi connectivity index (χ0) is 10.6. The monoisotopic (exact) mass is 209 g/mol. The van der Waals surface area contributed by atoms with Crippen molar-refractivity contribution in [1.29, 1.82) is 0 Å². The lowest BCUT2D eigenvalue weighted by Crippen LogP contribution is -2.46. The minimum atomic E-state index is 0.182. The number of rotatable bonds is 3. The first-order chi connectivity index (χ1) is 7.37. The molecule has 2 aliphatic heterocycles. The van der Waals surface area contributed by atoms with Gasteiger partial charge in [0.1, 0.15) is 5.76 Å². The lowest BCUT2D eigenvalue weighted by atomic mass is 9.86. The van der Waals surface area contributed by atoms with Crippen LogP contribution >= 0.6 is 0 Å². The molecule has 2 nitrogen and oxygen atoms in total. The summed E-state index contributed by atoms with van der Waals surface area (Å²) in [7, 11) is 0. The predicted octanol–water partition coefficient (Wildman–Crippen LogP) is 2.99. The van der Waals surface area contributed by atoms with Gasteiger partial charge in [-0.3, -0.25) is 0 Å². The van der Waals surface area contributed by atoms with Gasteiger partial charge in [-0.2, -0.15) is 0 Å². The second-order valence-electron chi connectivity index (χ2n) is 4.78. The van der Waals surface area contributed by atoms with E-state index in [0.717, 1.165) is 19.6 Å². The van der Waals surface area contributed by atoms with Crippen molar-refractivity contribution in [2.24, 2.45) is 0 Å². The normalized spacial score (nSPS) is 31.9. The number of hydrogen-bond donors (Lipinski definition) is 1. The lowest BCUT2D eigenvalue weighted by Gasteiger charge is -2.34. The Hall–Kier alpha value is -0.500. The topological polar surface area (TPSA) is 21.3 Å². The van der Waals surface area contributed by atoms with E-state index in [-0.39, 0.29) is 5.54 Å². The Morgan fingerprint density at radius 2 is 2.33 bits per heavy atom. The molecule has 0 spiro atoms. The molecule has 0 aromatic carbocycles. The first-order valence-electron chi connectivity index (χ1n) is 6.46. The molecule has 1 N–H and O–H groups in total. The smallest absolute Gasteiger partial charge is 0.112 e. The van der Waals surface area contributed by atoms with Gasteiger partial charge in [0.25, 0.3) is 0 Å². The lowest BCUT2D eigenvalue weighted by molar-refractivity contribution is 0.160. The average Bonchev–Trinajstić information content (AvgIpc) is 2.68. The molecule has 1 unspecified atom stereocenters. The molecule has 0 bridgehead atoms. The van der Waals surface area contributed by atoms with Crippen molar-refractivity contribution in [2.45, 2.75) is 57.4 Å². The standard InChI is InChI=1S/C13H23NO/c1-2-8-13(12-7-6-11-15-12)9-4-3-5-10-14-13/h7,14H,2-6,8-11H2,1H3. The van der Waals surface area contributed by atoms with Gasteiger partial charge in [0.15, 0.2) is 0 Å². The molecule has 0 aromatic rings. The first kappa shape index (κ1) is 11.0. The van der Waals surface area contributed by atoms with E-state index in [1.807, 2.05) is 0 Å². The largest absolute Gasteiger partial charge is 0.496 e. The molecule has 2 rings (SSSR count). The molecule has 0 saturated carbocycles. The molecule has 86 valence electrons. The number of nitrogens with one attached hydrogen (secondary N) is 1. The summed E-state index contributed by atoms with van der Waals surface area (Å²) in [4.78, 5) is 0. The van der Waals surface area contributed by atoms with E-state index in [1.54, 1.807) is 0 Å². The molecule has 0 aromatic heterocycles. The SMILES string of the molecule is CCCC1(C2=CCCO2)CCCCCN1. The summed E-state index contributed by atoms with van der Waals surface area (Å²) in [6.07, 6.45) is 11.1. The van der Waals surface area contributed by atoms with E-state index in [0.29, 0.717) is 0 Å². The molecule has 0 aliphatic carbocycles. The molecular weight excluding hydrogens is 186 g/mol. The van der Waals surface area contributed by atoms with Crippen LogP contribution in [0.15, 0.2) is 11.8 Å². The Kier molecular flexibility index (Phi) is 3.68. The van der Waals surface area contributed by atoms with Crippen LogP contribution in [-0.4, -0.2) is 18.7 Å². The molecule has 2 heterocycles. The molecule has 15 heavy (non-hydrogen) atoms. The van der Waals surface area contributed by atoms with Gasteiger partial charge in [-0.05, 0) is 31.9 Å². The van der Waals surface area contributed by atoms with Crippen LogP contribution in [0.3, 0.4) is 0 Å². The zero-order valence-corrected chi connectivity index (χ0v) is 9.85. The van der Waals surface area contributed by atoms with Gasteiger partial charge >= 0.3 is 0 Å². The van der Waals surface area contributed by atoms with Gasteiger partial charge in [-0.15, -0.1) is 0 Å². The number of hydrogen-bond acceptors (Lipinski definition) is 2. The van der Waals surface area contributed by atoms with Crippen molar-refractivity contribution in [2.75, 3.05) is 13.2 Å². The fourth-order valence-corrected chi connectivity index (χ4v) is 2.87. The van der Waals surface area contributed by atoms with E-state index < -0.39 is 0 Å². The van der Waals surface area contributed by atoms with Crippen LogP contribution < -0.4 is 5.32 Å². The summed E-state index contributed by atoms with van der Waals surface area (Å²) in [6, 6.07) is 0. The summed E-state index contributed by atoms with van der Waals surface area (Å²) in [5.74, 6) is 1.24. The van der Waals surface area contributed by atoms with Gasteiger partial charge in [0.2, 0.25) is 0 Å². The summed E-state index contributed by atoms with van der Waals surface area (Å²) in [5.41, 5.74) is 0.182. The van der Waals surface area contributed by atoms with Crippen molar-refractivity contribution in [3.05, 3.63) is 11.8 Å². The molecule has 1 saturated heterocycles. The van der Waals surface area contributed by atoms with E-state index in [1.165, 1.54) is 44.3 Å². The van der Waals surface area contributed by atoms with Gasteiger partial charge in [-0.25, -0.2) is 0 Å². The van der Waals surface area contributed by atoms with Gasteiger partial charge in [-0.1, -0.05) is 26.2 Å². The van der Waals surface area contributed by atoms with Crippen LogP contribution in [0.4, 0.5) is 0 Å². The summed E-state index contributed by atoms with van der Waals surface area (Å²) >= 11 is 0. The van der Waals surface area contributed by atoms with E-state index in [4.69, 9.17) is 4.74 Å². The second-order valence-corrected chi connectivity index (χ2v) is 4.78. The Morgan fingerprint density at radius 1 is 1.40 bits per heavy atom. The first-order valence-corrected chi connectivity index (χ1v) is 6.46. The van der Waals surface area contributed by atoms with Crippen LogP contribution in [0.1, 0.15) is 51.9 Å². The van der Waals surface area contributed by atoms with Crippen LogP contribution in [0, 0.1) is 0 Å². The second kappa shape index (κ2) is 5.02. The number of ether oxygens (including phenoxy) is 1. The van der Waals surface area contributed by atoms with Gasteiger partial charge < -0.3 is 10.1 Å². The Morgan fingerprint density at radius 3 is 3.07 bits per heavy atom. The Bertz CT molecular complexity index is 227. The maximum atomic E-state index is 5.80. The summed E-state index contributed by atoms with van der Waals surface area (Å²) in [5, 5.41) is 3.74. The Balaban J connectivity index is 2.13. The van der Waals surface area contributed by atoms with E-state index in [2.05, 4.69) is 18.3 Å². The van der Waals surface area contributed by atoms with Crippen molar-refractivity contribution >= 4 is 0 Å². The molecular formula is C13H23NO. The average molecular weight is 209 g/mol. The fourth-order valence-electron chi connectivity index (χ4n) is 2.87. The van der Waals surface area contributed by atoms with E-state index in [9.17, 15) is 0 Å². The fraction of sp³-hybridized carbons (Fsp3) is 0.846. The third-order valence-corrected chi connectivity index (χ3v) is 3.60. The highest BCUT2D eigenvalue weighted by Crippen LogP contribution is 2.34. The minimum Gasteiger partial charge on any atom is -0.496 e. The summed E-state index contributed by atoms with van der Waals surface area (Å²) < 4.78 is 5.80. The van der Waals surface area contributed by atoms with Crippen molar-refractivity contribution in [3.8, 4) is 0 Å². The van der Waals surface area contributed by atoms with Crippen LogP contribution in [-0.2, 0) is 4.74 Å². The van der Waals surface area contributed by atoms with Crippen LogP contribution in [0.5, 0.6) is 0 Å². The molecule has 2 heteroatoms. The van der Waals surface area contributed by atoms with Crippen LogP contribution in [0.25, 0.3) is 0 Å². The quantitative estimate of drug-likeness (QED) is 0.771. The zero-order valence-electron chi connectivity index (χ0n) is 9.85. The minimum absolute atomic E-state index is 0.182. The van der Waals surface area contributed by atoms with Crippen molar-refractivity contribution < 1.29 is 4.74 Å². The maximum absolute atomic E-state index is 5.80. The van der Waals surface area contributed by atoms with Crippen LogP contribution in [0.2, 0.25) is 0 Å². The molecule has 2 aliphatic rings. The molecule has 0 amide bonds. The highest BCUT2D eigenvalue weighted by Gasteiger charge is 2.36. The maximum Gasteiger partial charge on any atom is 0.112 e. The van der Waals surface area contributed by atoms with E-state index >= 15 is 0 Å². The third-order valence-electron chi connectivity index (χ3n) is 3.60. The summed E-state index contributed by atoms with van der Waals surface area (Å²) in [6.45, 7) is 4.31. The molecule has 1 atom stereocenters. The van der Waals surface area contributed by atoms with Gasteiger partial charge in [0.05, 0.1) is 12.1 Å². The highest BCUT2D eigenvalue weighted by atomic mass is 16.5.